The van der Waals surface area contributed by atoms with Crippen molar-refractivity contribution in [2.75, 3.05) is 46.2 Å². The number of ether oxygens (including phenoxy) is 1. The van der Waals surface area contributed by atoms with Gasteiger partial charge in [-0.2, -0.15) is 11.8 Å². The Bertz CT molecular complexity index is 637. The van der Waals surface area contributed by atoms with Gasteiger partial charge in [-0.1, -0.05) is 29.8 Å². The number of hydrogen-bond donors (Lipinski definition) is 2. The van der Waals surface area contributed by atoms with Gasteiger partial charge in [0.1, 0.15) is 0 Å². The van der Waals surface area contributed by atoms with Crippen LogP contribution in [0.1, 0.15) is 36.8 Å². The molecule has 156 valence electrons. The summed E-state index contributed by atoms with van der Waals surface area (Å²) in [4.78, 5) is 7.03. The third-order valence-electron chi connectivity index (χ3n) is 6.06. The Morgan fingerprint density at radius 2 is 2.04 bits per heavy atom. The van der Waals surface area contributed by atoms with Gasteiger partial charge in [0.15, 0.2) is 5.96 Å². The molecule has 0 spiro atoms. The Hall–Kier alpha value is -1.24. The first-order valence-corrected chi connectivity index (χ1v) is 11.7. The van der Waals surface area contributed by atoms with Crippen molar-refractivity contribution in [3.8, 4) is 0 Å². The van der Waals surface area contributed by atoms with E-state index in [1.807, 2.05) is 18.8 Å². The molecule has 0 aliphatic carbocycles. The van der Waals surface area contributed by atoms with Gasteiger partial charge < -0.3 is 15.4 Å². The fourth-order valence-corrected chi connectivity index (χ4v) is 4.92. The fraction of sp³-hybridized carbons (Fsp3) is 0.682. The van der Waals surface area contributed by atoms with Crippen LogP contribution in [0.3, 0.4) is 0 Å². The minimum Gasteiger partial charge on any atom is -0.381 e. The molecule has 1 aromatic carbocycles. The maximum Gasteiger partial charge on any atom is 0.191 e. The van der Waals surface area contributed by atoms with Crippen LogP contribution in [0.5, 0.6) is 0 Å². The predicted molar refractivity (Wildman–Crippen MR) is 120 cm³/mol. The van der Waals surface area contributed by atoms with E-state index in [9.17, 15) is 0 Å². The number of benzene rings is 1. The average molecular weight is 405 g/mol. The summed E-state index contributed by atoms with van der Waals surface area (Å²) < 4.78 is 5.82. The summed E-state index contributed by atoms with van der Waals surface area (Å²) in [6.45, 7) is 8.17. The van der Waals surface area contributed by atoms with Crippen LogP contribution in [0, 0.1) is 6.92 Å². The second kappa shape index (κ2) is 10.5. The number of hydrogen-bond acceptors (Lipinski definition) is 4. The van der Waals surface area contributed by atoms with E-state index in [4.69, 9.17) is 4.74 Å². The maximum atomic E-state index is 5.55. The van der Waals surface area contributed by atoms with Crippen molar-refractivity contribution in [2.24, 2.45) is 4.99 Å². The Morgan fingerprint density at radius 1 is 1.29 bits per heavy atom. The third-order valence-corrected chi connectivity index (χ3v) is 7.47. The lowest BCUT2D eigenvalue weighted by molar-refractivity contribution is 0.0782. The minimum atomic E-state index is 0.271. The number of rotatable bonds is 6. The van der Waals surface area contributed by atoms with Crippen LogP contribution in [0.4, 0.5) is 0 Å². The average Bonchev–Trinajstić information content (AvgIpc) is 2.73. The maximum absolute atomic E-state index is 5.55. The highest BCUT2D eigenvalue weighted by Crippen LogP contribution is 2.32. The van der Waals surface area contributed by atoms with Gasteiger partial charge in [0, 0.05) is 57.2 Å². The molecule has 0 amide bonds. The molecule has 1 aromatic rings. The van der Waals surface area contributed by atoms with Crippen LogP contribution in [0.2, 0.25) is 0 Å². The third kappa shape index (κ3) is 6.13. The Morgan fingerprint density at radius 3 is 2.68 bits per heavy atom. The zero-order chi connectivity index (χ0) is 19.8. The molecule has 28 heavy (non-hydrogen) atoms. The standard InChI is InChI=1S/C22H36N4OS/c1-18-5-4-6-19(15-18)16-26-11-7-20(8-12-26)25-21(23-2)24-17-22(28-3)9-13-27-14-10-22/h4-6,15,20H,7-14,16-17H2,1-3H3,(H2,23,24,25). The molecule has 0 bridgehead atoms. The van der Waals surface area contributed by atoms with Gasteiger partial charge in [-0.3, -0.25) is 9.89 Å². The van der Waals surface area contributed by atoms with E-state index in [1.165, 1.54) is 11.1 Å². The second-order valence-corrected chi connectivity index (χ2v) is 9.38. The first kappa shape index (κ1) is 21.5. The first-order chi connectivity index (χ1) is 13.6. The number of likely N-dealkylation sites (tertiary alicyclic amines) is 1. The van der Waals surface area contributed by atoms with Gasteiger partial charge in [0.2, 0.25) is 0 Å². The molecule has 3 rings (SSSR count). The van der Waals surface area contributed by atoms with E-state index < -0.39 is 0 Å². The summed E-state index contributed by atoms with van der Waals surface area (Å²) in [5, 5.41) is 7.24. The smallest absolute Gasteiger partial charge is 0.191 e. The van der Waals surface area contributed by atoms with Crippen molar-refractivity contribution < 1.29 is 4.74 Å². The Balaban J connectivity index is 1.42. The zero-order valence-electron chi connectivity index (χ0n) is 17.7. The van der Waals surface area contributed by atoms with E-state index in [0.29, 0.717) is 6.04 Å². The Labute approximate surface area is 174 Å². The summed E-state index contributed by atoms with van der Waals surface area (Å²) in [6, 6.07) is 9.36. The molecule has 0 atom stereocenters. The molecule has 2 saturated heterocycles. The van der Waals surface area contributed by atoms with E-state index in [-0.39, 0.29) is 4.75 Å². The highest BCUT2D eigenvalue weighted by Gasteiger charge is 2.32. The van der Waals surface area contributed by atoms with Gasteiger partial charge in [-0.15, -0.1) is 0 Å². The van der Waals surface area contributed by atoms with Crippen molar-refractivity contribution in [1.82, 2.24) is 15.5 Å². The molecule has 0 saturated carbocycles. The molecule has 0 radical (unpaired) electrons. The normalized spacial score (nSPS) is 21.5. The van der Waals surface area contributed by atoms with Crippen molar-refractivity contribution in [1.29, 1.82) is 0 Å². The van der Waals surface area contributed by atoms with Crippen LogP contribution >= 0.6 is 11.8 Å². The van der Waals surface area contributed by atoms with E-state index >= 15 is 0 Å². The lowest BCUT2D eigenvalue weighted by Crippen LogP contribution is -2.52. The molecule has 2 aliphatic heterocycles. The number of aryl methyl sites for hydroxylation is 1. The van der Waals surface area contributed by atoms with E-state index in [2.05, 4.69) is 58.0 Å². The van der Waals surface area contributed by atoms with Crippen LogP contribution in [0.15, 0.2) is 29.3 Å². The van der Waals surface area contributed by atoms with Gasteiger partial charge in [-0.05, 0) is 44.4 Å². The highest BCUT2D eigenvalue weighted by atomic mass is 32.2. The van der Waals surface area contributed by atoms with Crippen LogP contribution in [-0.2, 0) is 11.3 Å². The van der Waals surface area contributed by atoms with Crippen molar-refractivity contribution in [2.45, 2.75) is 49.9 Å². The number of nitrogens with one attached hydrogen (secondary N) is 2. The molecule has 0 unspecified atom stereocenters. The topological polar surface area (TPSA) is 48.9 Å². The molecule has 2 heterocycles. The van der Waals surface area contributed by atoms with E-state index in [0.717, 1.165) is 71.0 Å². The zero-order valence-corrected chi connectivity index (χ0v) is 18.5. The number of thioether (sulfide) groups is 1. The van der Waals surface area contributed by atoms with Crippen molar-refractivity contribution >= 4 is 17.7 Å². The SMILES string of the molecule is CN=C(NCC1(SC)CCOCC1)NC1CCN(Cc2cccc(C)c2)CC1. The molecular weight excluding hydrogens is 368 g/mol. The van der Waals surface area contributed by atoms with Gasteiger partial charge in [-0.25, -0.2) is 0 Å². The quantitative estimate of drug-likeness (QED) is 0.564. The van der Waals surface area contributed by atoms with Crippen molar-refractivity contribution in [3.63, 3.8) is 0 Å². The summed E-state index contributed by atoms with van der Waals surface area (Å²) in [5.74, 6) is 0.942. The van der Waals surface area contributed by atoms with Crippen molar-refractivity contribution in [3.05, 3.63) is 35.4 Å². The highest BCUT2D eigenvalue weighted by molar-refractivity contribution is 8.00. The van der Waals surface area contributed by atoms with Crippen LogP contribution in [-0.4, -0.2) is 67.8 Å². The number of piperidine rings is 1. The molecule has 2 fully saturated rings. The number of guanidine groups is 1. The second-order valence-electron chi connectivity index (χ2n) is 8.11. The minimum absolute atomic E-state index is 0.271. The molecule has 2 N–H and O–H groups in total. The summed E-state index contributed by atoms with van der Waals surface area (Å²) in [6.07, 6.45) is 6.75. The van der Waals surface area contributed by atoms with E-state index in [1.54, 1.807) is 0 Å². The number of nitrogens with zero attached hydrogens (tertiary/aromatic N) is 2. The summed E-state index contributed by atoms with van der Waals surface area (Å²) >= 11 is 1.96. The molecule has 2 aliphatic rings. The molecular formula is C22H36N4OS. The summed E-state index contributed by atoms with van der Waals surface area (Å²) in [5.41, 5.74) is 2.76. The largest absolute Gasteiger partial charge is 0.381 e. The monoisotopic (exact) mass is 404 g/mol. The summed E-state index contributed by atoms with van der Waals surface area (Å²) in [7, 11) is 1.87. The number of aliphatic imine (C=N–C) groups is 1. The Kier molecular flexibility index (Phi) is 8.06. The molecule has 0 aromatic heterocycles. The van der Waals surface area contributed by atoms with Crippen LogP contribution in [0.25, 0.3) is 0 Å². The fourth-order valence-electron chi connectivity index (χ4n) is 4.13. The lowest BCUT2D eigenvalue weighted by Gasteiger charge is -2.37. The van der Waals surface area contributed by atoms with Gasteiger partial charge in [0.25, 0.3) is 0 Å². The van der Waals surface area contributed by atoms with Crippen LogP contribution < -0.4 is 10.6 Å². The first-order valence-electron chi connectivity index (χ1n) is 10.5. The molecule has 5 nitrogen and oxygen atoms in total. The van der Waals surface area contributed by atoms with Gasteiger partial charge in [0.05, 0.1) is 0 Å². The lowest BCUT2D eigenvalue weighted by atomic mass is 9.99. The predicted octanol–water partition coefficient (Wildman–Crippen LogP) is 3.04. The molecule has 6 heteroatoms. The van der Waals surface area contributed by atoms with Gasteiger partial charge >= 0.3 is 0 Å².